The fourth-order valence-corrected chi connectivity index (χ4v) is 1.23. The van der Waals surface area contributed by atoms with Crippen molar-refractivity contribution in [2.24, 2.45) is 0 Å². The Morgan fingerprint density at radius 2 is 2.07 bits per heavy atom. The first-order valence-electron chi connectivity index (χ1n) is 5.03. The van der Waals surface area contributed by atoms with E-state index in [1.807, 2.05) is 20.8 Å². The van der Waals surface area contributed by atoms with Crippen molar-refractivity contribution in [3.63, 3.8) is 0 Å². The minimum atomic E-state index is -0.447. The fourth-order valence-electron chi connectivity index (χ4n) is 1.23. The Morgan fingerprint density at radius 3 is 2.57 bits per heavy atom. The van der Waals surface area contributed by atoms with E-state index in [1.54, 1.807) is 7.11 Å². The van der Waals surface area contributed by atoms with Crippen molar-refractivity contribution in [1.82, 2.24) is 5.32 Å². The van der Waals surface area contributed by atoms with Crippen molar-refractivity contribution < 1.29 is 14.6 Å². The first kappa shape index (κ1) is 13.8. The molecule has 0 aromatic heterocycles. The van der Waals surface area contributed by atoms with E-state index in [1.165, 1.54) is 0 Å². The van der Waals surface area contributed by atoms with Gasteiger partial charge in [0.1, 0.15) is 0 Å². The Kier molecular flexibility index (Phi) is 7.09. The summed E-state index contributed by atoms with van der Waals surface area (Å²) in [5.74, 6) is 0. The lowest BCUT2D eigenvalue weighted by Crippen LogP contribution is -2.41. The first-order chi connectivity index (χ1) is 6.52. The predicted molar refractivity (Wildman–Crippen MR) is 56.5 cm³/mol. The number of hydrogen-bond donors (Lipinski definition) is 2. The highest BCUT2D eigenvalue weighted by atomic mass is 16.5. The number of rotatable bonds is 8. The Balaban J connectivity index is 3.51. The van der Waals surface area contributed by atoms with Gasteiger partial charge in [-0.2, -0.15) is 0 Å². The molecule has 0 aliphatic carbocycles. The van der Waals surface area contributed by atoms with Crippen LogP contribution in [0.25, 0.3) is 0 Å². The van der Waals surface area contributed by atoms with Crippen molar-refractivity contribution in [3.05, 3.63) is 0 Å². The van der Waals surface area contributed by atoms with Crippen molar-refractivity contribution in [2.45, 2.75) is 32.5 Å². The lowest BCUT2D eigenvalue weighted by Gasteiger charge is -2.25. The van der Waals surface area contributed by atoms with E-state index in [-0.39, 0.29) is 5.60 Å². The number of aliphatic hydroxyl groups excluding tert-OH is 1. The molecule has 4 heteroatoms. The second-order valence-electron chi connectivity index (χ2n) is 3.93. The highest BCUT2D eigenvalue weighted by Gasteiger charge is 2.17. The summed E-state index contributed by atoms with van der Waals surface area (Å²) in [5, 5.41) is 12.5. The van der Waals surface area contributed by atoms with E-state index in [4.69, 9.17) is 9.47 Å². The van der Waals surface area contributed by atoms with Gasteiger partial charge in [-0.05, 0) is 20.8 Å². The zero-order valence-electron chi connectivity index (χ0n) is 9.67. The second kappa shape index (κ2) is 7.17. The van der Waals surface area contributed by atoms with E-state index in [9.17, 15) is 5.11 Å². The lowest BCUT2D eigenvalue weighted by molar-refractivity contribution is -0.0122. The topological polar surface area (TPSA) is 50.7 Å². The molecule has 14 heavy (non-hydrogen) atoms. The summed E-state index contributed by atoms with van der Waals surface area (Å²) in [7, 11) is 1.58. The van der Waals surface area contributed by atoms with Crippen molar-refractivity contribution in [1.29, 1.82) is 0 Å². The predicted octanol–water partition coefficient (Wildman–Crippen LogP) is 0.398. The highest BCUT2D eigenvalue weighted by molar-refractivity contribution is 4.72. The van der Waals surface area contributed by atoms with Crippen LogP contribution in [0.3, 0.4) is 0 Å². The Morgan fingerprint density at radius 1 is 1.43 bits per heavy atom. The zero-order chi connectivity index (χ0) is 11.0. The molecule has 0 aliphatic rings. The smallest absolute Gasteiger partial charge is 0.0897 e. The number of ether oxygens (including phenoxy) is 2. The quantitative estimate of drug-likeness (QED) is 0.602. The normalized spacial score (nSPS) is 14.4. The molecular formula is C10H23NO3. The summed E-state index contributed by atoms with van der Waals surface area (Å²) < 4.78 is 10.3. The minimum Gasteiger partial charge on any atom is -0.389 e. The average Bonchev–Trinajstić information content (AvgIpc) is 2.03. The molecule has 0 spiro atoms. The SMILES string of the molecule is CCOC(C)(C)CNCC(O)COC. The molecule has 4 nitrogen and oxygen atoms in total. The van der Waals surface area contributed by atoms with Crippen LogP contribution < -0.4 is 5.32 Å². The maximum atomic E-state index is 9.35. The summed E-state index contributed by atoms with van der Waals surface area (Å²) in [6.45, 7) is 8.34. The Labute approximate surface area is 86.6 Å². The van der Waals surface area contributed by atoms with Crippen molar-refractivity contribution in [3.8, 4) is 0 Å². The molecule has 0 rings (SSSR count). The van der Waals surface area contributed by atoms with Crippen LogP contribution in [0.2, 0.25) is 0 Å². The van der Waals surface area contributed by atoms with Gasteiger partial charge in [-0.3, -0.25) is 0 Å². The molecule has 0 bridgehead atoms. The van der Waals surface area contributed by atoms with Crippen LogP contribution in [0.1, 0.15) is 20.8 Å². The molecule has 0 amide bonds. The van der Waals surface area contributed by atoms with Gasteiger partial charge >= 0.3 is 0 Å². The van der Waals surface area contributed by atoms with Gasteiger partial charge in [-0.15, -0.1) is 0 Å². The van der Waals surface area contributed by atoms with Gasteiger partial charge in [-0.25, -0.2) is 0 Å². The summed E-state index contributed by atoms with van der Waals surface area (Å²) in [6.07, 6.45) is -0.447. The third kappa shape index (κ3) is 7.26. The van der Waals surface area contributed by atoms with Gasteiger partial charge in [0.05, 0.1) is 18.3 Å². The summed E-state index contributed by atoms with van der Waals surface area (Å²) in [6, 6.07) is 0. The van der Waals surface area contributed by atoms with Gasteiger partial charge in [0.2, 0.25) is 0 Å². The van der Waals surface area contributed by atoms with Crippen LogP contribution in [-0.2, 0) is 9.47 Å². The molecular weight excluding hydrogens is 182 g/mol. The van der Waals surface area contributed by atoms with Crippen LogP contribution in [0.5, 0.6) is 0 Å². The molecule has 0 radical (unpaired) electrons. The van der Waals surface area contributed by atoms with E-state index in [0.29, 0.717) is 19.8 Å². The first-order valence-corrected chi connectivity index (χ1v) is 5.03. The van der Waals surface area contributed by atoms with Gasteiger partial charge in [0.25, 0.3) is 0 Å². The minimum absolute atomic E-state index is 0.179. The number of nitrogens with one attached hydrogen (secondary N) is 1. The third-order valence-electron chi connectivity index (χ3n) is 1.82. The molecule has 0 heterocycles. The molecule has 86 valence electrons. The summed E-state index contributed by atoms with van der Waals surface area (Å²) in [5.41, 5.74) is -0.179. The van der Waals surface area contributed by atoms with Gasteiger partial charge in [-0.1, -0.05) is 0 Å². The molecule has 1 atom stereocenters. The molecule has 0 saturated carbocycles. The monoisotopic (exact) mass is 205 g/mol. The van der Waals surface area contributed by atoms with Crippen molar-refractivity contribution >= 4 is 0 Å². The van der Waals surface area contributed by atoms with E-state index in [0.717, 1.165) is 6.54 Å². The van der Waals surface area contributed by atoms with Gasteiger partial charge < -0.3 is 19.9 Å². The van der Waals surface area contributed by atoms with Gasteiger partial charge in [0.15, 0.2) is 0 Å². The molecule has 0 aromatic carbocycles. The molecule has 0 saturated heterocycles. The lowest BCUT2D eigenvalue weighted by atomic mass is 10.1. The van der Waals surface area contributed by atoms with E-state index < -0.39 is 6.10 Å². The fraction of sp³-hybridized carbons (Fsp3) is 1.00. The van der Waals surface area contributed by atoms with Crippen LogP contribution in [0.15, 0.2) is 0 Å². The number of hydrogen-bond acceptors (Lipinski definition) is 4. The summed E-state index contributed by atoms with van der Waals surface area (Å²) in [4.78, 5) is 0. The maximum absolute atomic E-state index is 9.35. The second-order valence-corrected chi connectivity index (χ2v) is 3.93. The molecule has 0 aromatic rings. The van der Waals surface area contributed by atoms with Gasteiger partial charge in [0, 0.05) is 26.8 Å². The van der Waals surface area contributed by atoms with Crippen LogP contribution in [0, 0.1) is 0 Å². The zero-order valence-corrected chi connectivity index (χ0v) is 9.67. The van der Waals surface area contributed by atoms with E-state index in [2.05, 4.69) is 5.32 Å². The molecule has 2 N–H and O–H groups in total. The molecule has 0 fully saturated rings. The van der Waals surface area contributed by atoms with Crippen LogP contribution in [0.4, 0.5) is 0 Å². The maximum Gasteiger partial charge on any atom is 0.0897 e. The third-order valence-corrected chi connectivity index (χ3v) is 1.82. The van der Waals surface area contributed by atoms with Crippen LogP contribution >= 0.6 is 0 Å². The van der Waals surface area contributed by atoms with E-state index >= 15 is 0 Å². The standard InChI is InChI=1S/C10H23NO3/c1-5-14-10(2,3)8-11-6-9(12)7-13-4/h9,11-12H,5-8H2,1-4H3. The highest BCUT2D eigenvalue weighted by Crippen LogP contribution is 2.06. The van der Waals surface area contributed by atoms with Crippen LogP contribution in [-0.4, -0.2) is 50.2 Å². The summed E-state index contributed by atoms with van der Waals surface area (Å²) >= 11 is 0. The average molecular weight is 205 g/mol. The molecule has 0 aliphatic heterocycles. The number of aliphatic hydroxyl groups is 1. The number of methoxy groups -OCH3 is 1. The Bertz CT molecular complexity index is 139. The van der Waals surface area contributed by atoms with Crippen molar-refractivity contribution in [2.75, 3.05) is 33.4 Å². The largest absolute Gasteiger partial charge is 0.389 e. The molecule has 1 unspecified atom stereocenters. The Hall–Kier alpha value is -0.160.